The average molecular weight is 254 g/mol. The van der Waals surface area contributed by atoms with Crippen LogP contribution in [0, 0.1) is 0 Å². The van der Waals surface area contributed by atoms with E-state index in [-0.39, 0.29) is 30.0 Å². The van der Waals surface area contributed by atoms with E-state index in [4.69, 9.17) is 16.7 Å². The summed E-state index contributed by atoms with van der Waals surface area (Å²) in [5, 5.41) is 9.32. The normalized spacial score (nSPS) is 15.5. The van der Waals surface area contributed by atoms with E-state index in [1.165, 1.54) is 18.2 Å². The number of benzene rings is 1. The monoisotopic (exact) mass is 253 g/mol. The van der Waals surface area contributed by atoms with Gasteiger partial charge < -0.3 is 10.0 Å². The summed E-state index contributed by atoms with van der Waals surface area (Å²) in [7, 11) is 0. The van der Waals surface area contributed by atoms with Crippen molar-refractivity contribution in [2.75, 3.05) is 11.4 Å². The number of Topliss-reactive ketones (excluding diaryl/α,β-unsaturated/α-hetero) is 1. The van der Waals surface area contributed by atoms with E-state index in [9.17, 15) is 14.4 Å². The molecule has 0 saturated carbocycles. The molecule has 1 heterocycles. The molecule has 1 aromatic rings. The molecule has 1 amide bonds. The second-order valence-electron chi connectivity index (χ2n) is 3.66. The predicted octanol–water partition coefficient (Wildman–Crippen LogP) is 1.34. The van der Waals surface area contributed by atoms with Crippen LogP contribution in [0.4, 0.5) is 5.69 Å². The predicted molar refractivity (Wildman–Crippen MR) is 60.4 cm³/mol. The zero-order chi connectivity index (χ0) is 12.6. The van der Waals surface area contributed by atoms with Crippen LogP contribution in [-0.4, -0.2) is 29.3 Å². The Morgan fingerprint density at radius 3 is 2.59 bits per heavy atom. The molecular formula is C11H8ClNO4. The van der Waals surface area contributed by atoms with Crippen LogP contribution >= 0.6 is 11.6 Å². The summed E-state index contributed by atoms with van der Waals surface area (Å²) in [6, 6.07) is 4.12. The molecule has 0 radical (unpaired) electrons. The minimum atomic E-state index is -1.16. The second-order valence-corrected chi connectivity index (χ2v) is 4.10. The van der Waals surface area contributed by atoms with Gasteiger partial charge in [0, 0.05) is 5.02 Å². The maximum Gasteiger partial charge on any atom is 0.337 e. The molecule has 1 aliphatic rings. The van der Waals surface area contributed by atoms with Crippen LogP contribution in [0.2, 0.25) is 5.02 Å². The first-order valence-electron chi connectivity index (χ1n) is 4.84. The van der Waals surface area contributed by atoms with Crippen LogP contribution in [-0.2, 0) is 9.59 Å². The Balaban J connectivity index is 2.50. The van der Waals surface area contributed by atoms with Crippen LogP contribution in [0.25, 0.3) is 0 Å². The van der Waals surface area contributed by atoms with E-state index in [0.717, 1.165) is 4.90 Å². The van der Waals surface area contributed by atoms with E-state index in [2.05, 4.69) is 0 Å². The zero-order valence-electron chi connectivity index (χ0n) is 8.64. The summed E-state index contributed by atoms with van der Waals surface area (Å²) < 4.78 is 0. The van der Waals surface area contributed by atoms with Gasteiger partial charge in [0.1, 0.15) is 0 Å². The molecular weight excluding hydrogens is 246 g/mol. The molecule has 1 aliphatic heterocycles. The highest BCUT2D eigenvalue weighted by Gasteiger charge is 2.31. The first-order chi connectivity index (χ1) is 7.99. The van der Waals surface area contributed by atoms with Gasteiger partial charge in [-0.05, 0) is 18.2 Å². The van der Waals surface area contributed by atoms with Crippen molar-refractivity contribution in [3.8, 4) is 0 Å². The minimum absolute atomic E-state index is 0.0440. The minimum Gasteiger partial charge on any atom is -0.478 e. The fourth-order valence-electron chi connectivity index (χ4n) is 1.71. The third-order valence-corrected chi connectivity index (χ3v) is 2.70. The molecule has 6 heteroatoms. The van der Waals surface area contributed by atoms with Gasteiger partial charge >= 0.3 is 5.97 Å². The number of hydrogen-bond donors (Lipinski definition) is 1. The molecule has 17 heavy (non-hydrogen) atoms. The van der Waals surface area contributed by atoms with Gasteiger partial charge in [-0.3, -0.25) is 9.59 Å². The molecule has 5 nitrogen and oxygen atoms in total. The molecule has 1 saturated heterocycles. The van der Waals surface area contributed by atoms with Crippen molar-refractivity contribution < 1.29 is 19.5 Å². The Morgan fingerprint density at radius 2 is 2.06 bits per heavy atom. The van der Waals surface area contributed by atoms with Gasteiger partial charge in [0.15, 0.2) is 5.78 Å². The number of carboxylic acids is 1. The topological polar surface area (TPSA) is 74.7 Å². The molecule has 0 aliphatic carbocycles. The largest absolute Gasteiger partial charge is 0.478 e. The number of carbonyl (C=O) groups excluding carboxylic acids is 2. The van der Waals surface area contributed by atoms with Gasteiger partial charge in [0.2, 0.25) is 5.91 Å². The maximum absolute atomic E-state index is 11.5. The first-order valence-corrected chi connectivity index (χ1v) is 5.22. The lowest BCUT2D eigenvalue weighted by molar-refractivity contribution is -0.121. The Kier molecular flexibility index (Phi) is 2.85. The number of aromatic carboxylic acids is 1. The quantitative estimate of drug-likeness (QED) is 0.807. The van der Waals surface area contributed by atoms with Crippen LogP contribution in [0.1, 0.15) is 16.8 Å². The molecule has 0 spiro atoms. The lowest BCUT2D eigenvalue weighted by atomic mass is 10.1. The fourth-order valence-corrected chi connectivity index (χ4v) is 1.88. The fraction of sp³-hybridized carbons (Fsp3) is 0.182. The van der Waals surface area contributed by atoms with Gasteiger partial charge in [-0.1, -0.05) is 11.6 Å². The van der Waals surface area contributed by atoms with Crippen molar-refractivity contribution >= 4 is 34.9 Å². The highest BCUT2D eigenvalue weighted by Crippen LogP contribution is 2.27. The number of halogens is 1. The number of carboxylic acid groups (broad SMARTS) is 1. The van der Waals surface area contributed by atoms with Crippen molar-refractivity contribution in [1.82, 2.24) is 0 Å². The van der Waals surface area contributed by atoms with E-state index >= 15 is 0 Å². The lowest BCUT2D eigenvalue weighted by Gasteiger charge is -2.17. The maximum atomic E-state index is 11.5. The molecule has 1 aromatic carbocycles. The van der Waals surface area contributed by atoms with Gasteiger partial charge in [-0.2, -0.15) is 0 Å². The van der Waals surface area contributed by atoms with Crippen LogP contribution < -0.4 is 4.90 Å². The van der Waals surface area contributed by atoms with Gasteiger partial charge in [0.25, 0.3) is 0 Å². The molecule has 0 bridgehead atoms. The third kappa shape index (κ3) is 2.14. The Hall–Kier alpha value is -1.88. The standard InChI is InChI=1S/C11H8ClNO4/c12-6-1-2-8(11(16)17)9(3-6)13-5-7(14)4-10(13)15/h1-3H,4-5H2,(H,16,17). The first kappa shape index (κ1) is 11.6. The van der Waals surface area contributed by atoms with Crippen LogP contribution in [0.3, 0.4) is 0 Å². The number of amides is 1. The van der Waals surface area contributed by atoms with Crippen molar-refractivity contribution in [2.24, 2.45) is 0 Å². The van der Waals surface area contributed by atoms with E-state index in [1.54, 1.807) is 0 Å². The third-order valence-electron chi connectivity index (χ3n) is 2.46. The molecule has 88 valence electrons. The van der Waals surface area contributed by atoms with Crippen LogP contribution in [0.15, 0.2) is 18.2 Å². The van der Waals surface area contributed by atoms with Crippen molar-refractivity contribution in [3.05, 3.63) is 28.8 Å². The summed E-state index contributed by atoms with van der Waals surface area (Å²) in [4.78, 5) is 34.9. The van der Waals surface area contributed by atoms with Crippen molar-refractivity contribution in [1.29, 1.82) is 0 Å². The zero-order valence-corrected chi connectivity index (χ0v) is 9.40. The number of ketones is 1. The molecule has 0 atom stereocenters. The van der Waals surface area contributed by atoms with Crippen molar-refractivity contribution in [3.63, 3.8) is 0 Å². The summed E-state index contributed by atoms with van der Waals surface area (Å²) in [5.74, 6) is -1.80. The number of carbonyl (C=O) groups is 3. The Morgan fingerprint density at radius 1 is 1.35 bits per heavy atom. The molecule has 1 N–H and O–H groups in total. The Labute approximate surface area is 102 Å². The van der Waals surface area contributed by atoms with E-state index in [0.29, 0.717) is 5.02 Å². The summed E-state index contributed by atoms with van der Waals surface area (Å²) in [6.07, 6.45) is -0.189. The SMILES string of the molecule is O=C1CC(=O)N(c2cc(Cl)ccc2C(=O)O)C1. The highest BCUT2D eigenvalue weighted by atomic mass is 35.5. The Bertz CT molecular complexity index is 526. The second kappa shape index (κ2) is 4.18. The number of rotatable bonds is 2. The highest BCUT2D eigenvalue weighted by molar-refractivity contribution is 6.31. The summed E-state index contributed by atoms with van der Waals surface area (Å²) in [5.41, 5.74) is 0.123. The molecule has 1 fully saturated rings. The average Bonchev–Trinajstić information content (AvgIpc) is 2.57. The van der Waals surface area contributed by atoms with E-state index < -0.39 is 11.9 Å². The van der Waals surface area contributed by atoms with Gasteiger partial charge in [-0.15, -0.1) is 0 Å². The lowest BCUT2D eigenvalue weighted by Crippen LogP contribution is -2.26. The van der Waals surface area contributed by atoms with Crippen molar-refractivity contribution in [2.45, 2.75) is 6.42 Å². The van der Waals surface area contributed by atoms with Gasteiger partial charge in [0.05, 0.1) is 24.2 Å². The van der Waals surface area contributed by atoms with E-state index in [1.807, 2.05) is 0 Å². The summed E-state index contributed by atoms with van der Waals surface area (Å²) >= 11 is 5.77. The molecule has 2 rings (SSSR count). The van der Waals surface area contributed by atoms with Crippen LogP contribution in [0.5, 0.6) is 0 Å². The smallest absolute Gasteiger partial charge is 0.337 e. The molecule has 0 unspecified atom stereocenters. The summed E-state index contributed by atoms with van der Waals surface area (Å²) in [6.45, 7) is -0.0978. The number of nitrogens with zero attached hydrogens (tertiary/aromatic N) is 1. The number of hydrogen-bond acceptors (Lipinski definition) is 3. The number of anilines is 1. The molecule has 0 aromatic heterocycles. The van der Waals surface area contributed by atoms with Gasteiger partial charge in [-0.25, -0.2) is 4.79 Å².